The third-order valence-electron chi connectivity index (χ3n) is 3.37. The van der Waals surface area contributed by atoms with E-state index in [0.717, 1.165) is 11.1 Å². The molecule has 1 amide bonds. The van der Waals surface area contributed by atoms with Gasteiger partial charge in [-0.25, -0.2) is 19.0 Å². The molecule has 0 bridgehead atoms. The van der Waals surface area contributed by atoms with Gasteiger partial charge in [0.2, 0.25) is 10.0 Å². The van der Waals surface area contributed by atoms with Crippen LogP contribution in [0.2, 0.25) is 0 Å². The smallest absolute Gasteiger partial charge is 0.281 e. The Kier molecular flexibility index (Phi) is 4.65. The molecule has 2 rings (SSSR count). The topological polar surface area (TPSA) is 106 Å². The van der Waals surface area contributed by atoms with Crippen molar-refractivity contribution >= 4 is 15.9 Å². The van der Waals surface area contributed by atoms with E-state index in [2.05, 4.69) is 4.72 Å². The molecule has 0 saturated carbocycles. The number of hydrogen-bond acceptors (Lipinski definition) is 4. The highest BCUT2D eigenvalue weighted by molar-refractivity contribution is 7.89. The number of nitrogens with two attached hydrogens (primary N) is 1. The lowest BCUT2D eigenvalue weighted by Gasteiger charge is -2.07. The second kappa shape index (κ2) is 6.30. The minimum absolute atomic E-state index is 0.0159. The molecule has 0 aliphatic rings. The van der Waals surface area contributed by atoms with E-state index in [4.69, 9.17) is 5.84 Å². The molecule has 0 radical (unpaired) electrons. The van der Waals surface area contributed by atoms with E-state index in [-0.39, 0.29) is 17.1 Å². The number of sulfonamides is 1. The number of benzene rings is 1. The molecule has 1 aromatic carbocycles. The zero-order valence-corrected chi connectivity index (χ0v) is 13.1. The zero-order valence-electron chi connectivity index (χ0n) is 12.3. The van der Waals surface area contributed by atoms with Gasteiger partial charge in [0.15, 0.2) is 0 Å². The van der Waals surface area contributed by atoms with Gasteiger partial charge in [0.25, 0.3) is 5.91 Å². The van der Waals surface area contributed by atoms with Crippen LogP contribution in [0.5, 0.6) is 0 Å². The molecule has 0 spiro atoms. The van der Waals surface area contributed by atoms with E-state index in [9.17, 15) is 13.2 Å². The maximum atomic E-state index is 12.3. The van der Waals surface area contributed by atoms with Gasteiger partial charge >= 0.3 is 0 Å². The molecule has 0 unspecified atom stereocenters. The number of aryl methyl sites for hydroxylation is 2. The number of nitrogens with one attached hydrogen (secondary N) is 2. The largest absolute Gasteiger partial charge is 0.345 e. The Morgan fingerprint density at radius 1 is 1.32 bits per heavy atom. The van der Waals surface area contributed by atoms with Gasteiger partial charge in [0.05, 0.1) is 0 Å². The number of hydrogen-bond donors (Lipinski definition) is 3. The summed E-state index contributed by atoms with van der Waals surface area (Å²) < 4.78 is 28.5. The summed E-state index contributed by atoms with van der Waals surface area (Å²) in [7, 11) is -2.14. The van der Waals surface area contributed by atoms with Gasteiger partial charge in [-0.05, 0) is 24.1 Å². The second-order valence-corrected chi connectivity index (χ2v) is 6.66. The van der Waals surface area contributed by atoms with E-state index < -0.39 is 15.9 Å². The van der Waals surface area contributed by atoms with Crippen LogP contribution in [-0.2, 0) is 23.6 Å². The van der Waals surface area contributed by atoms with Crippen molar-refractivity contribution in [1.82, 2.24) is 14.7 Å². The summed E-state index contributed by atoms with van der Waals surface area (Å²) in [6.45, 7) is 2.10. The van der Waals surface area contributed by atoms with Gasteiger partial charge in [-0.1, -0.05) is 24.3 Å². The molecule has 0 aliphatic carbocycles. The van der Waals surface area contributed by atoms with Crippen LogP contribution < -0.4 is 16.0 Å². The number of nitrogen functional groups attached to an aromatic ring is 1. The van der Waals surface area contributed by atoms with E-state index in [0.29, 0.717) is 0 Å². The van der Waals surface area contributed by atoms with Gasteiger partial charge in [-0.15, -0.1) is 0 Å². The number of aromatic nitrogens is 1. The highest BCUT2D eigenvalue weighted by Gasteiger charge is 2.20. The molecule has 8 heteroatoms. The third-order valence-corrected chi connectivity index (χ3v) is 4.74. The number of rotatable bonds is 5. The van der Waals surface area contributed by atoms with Crippen LogP contribution in [-0.4, -0.2) is 18.9 Å². The summed E-state index contributed by atoms with van der Waals surface area (Å²) in [6, 6.07) is 8.79. The van der Waals surface area contributed by atoms with Crippen molar-refractivity contribution in [2.75, 3.05) is 0 Å². The Labute approximate surface area is 129 Å². The van der Waals surface area contributed by atoms with Crippen LogP contribution in [0.25, 0.3) is 0 Å². The predicted molar refractivity (Wildman–Crippen MR) is 82.3 cm³/mol. The maximum absolute atomic E-state index is 12.3. The number of nitrogens with zero attached hydrogens (tertiary/aromatic N) is 1. The Morgan fingerprint density at radius 3 is 2.64 bits per heavy atom. The Hall–Kier alpha value is -2.16. The molecule has 1 heterocycles. The van der Waals surface area contributed by atoms with Gasteiger partial charge < -0.3 is 4.57 Å². The van der Waals surface area contributed by atoms with E-state index in [1.54, 1.807) is 7.05 Å². The summed E-state index contributed by atoms with van der Waals surface area (Å²) in [5, 5.41) is 0. The summed E-state index contributed by atoms with van der Waals surface area (Å²) in [6.07, 6.45) is 1.37. The van der Waals surface area contributed by atoms with Gasteiger partial charge in [0, 0.05) is 19.8 Å². The summed E-state index contributed by atoms with van der Waals surface area (Å²) in [5.41, 5.74) is 4.03. The third kappa shape index (κ3) is 3.35. The first kappa shape index (κ1) is 16.2. The summed E-state index contributed by atoms with van der Waals surface area (Å²) in [4.78, 5) is 11.5. The molecule has 0 aliphatic heterocycles. The average Bonchev–Trinajstić information content (AvgIpc) is 2.88. The summed E-state index contributed by atoms with van der Waals surface area (Å²) >= 11 is 0. The molecular weight excluding hydrogens is 304 g/mol. The average molecular weight is 322 g/mol. The molecule has 1 aromatic heterocycles. The van der Waals surface area contributed by atoms with Crippen LogP contribution >= 0.6 is 0 Å². The summed E-state index contributed by atoms with van der Waals surface area (Å²) in [5.74, 6) is 4.51. The van der Waals surface area contributed by atoms with Crippen LogP contribution in [0.1, 0.15) is 21.6 Å². The van der Waals surface area contributed by atoms with Gasteiger partial charge in [-0.3, -0.25) is 10.2 Å². The van der Waals surface area contributed by atoms with Crippen LogP contribution in [0.15, 0.2) is 41.4 Å². The predicted octanol–water partition coefficient (Wildman–Crippen LogP) is 0.416. The molecule has 4 N–H and O–H groups in total. The van der Waals surface area contributed by atoms with Crippen molar-refractivity contribution in [2.24, 2.45) is 12.9 Å². The van der Waals surface area contributed by atoms with Crippen LogP contribution in [0.4, 0.5) is 0 Å². The second-order valence-electron chi connectivity index (χ2n) is 4.90. The van der Waals surface area contributed by atoms with Crippen LogP contribution in [0, 0.1) is 6.92 Å². The number of hydrazine groups is 1. The molecule has 2 aromatic rings. The highest BCUT2D eigenvalue weighted by Crippen LogP contribution is 2.14. The number of amides is 1. The first-order chi connectivity index (χ1) is 10.3. The number of carbonyl (C=O) groups excluding carboxylic acids is 1. The molecular formula is C14H18N4O3S. The molecule has 22 heavy (non-hydrogen) atoms. The highest BCUT2D eigenvalue weighted by atomic mass is 32.2. The SMILES string of the molecule is Cc1ccccc1CNS(=O)(=O)c1cc(C(=O)NN)n(C)c1. The van der Waals surface area contributed by atoms with Crippen LogP contribution in [0.3, 0.4) is 0 Å². The Morgan fingerprint density at radius 2 is 2.00 bits per heavy atom. The minimum Gasteiger partial charge on any atom is -0.345 e. The lowest BCUT2D eigenvalue weighted by molar-refractivity contribution is 0.0945. The quantitative estimate of drug-likeness (QED) is 0.421. The lowest BCUT2D eigenvalue weighted by atomic mass is 10.1. The Balaban J connectivity index is 2.21. The fourth-order valence-corrected chi connectivity index (χ4v) is 3.12. The standard InChI is InChI=1S/C14H18N4O3S/c1-10-5-3-4-6-11(10)8-16-22(20,21)12-7-13(14(19)17-15)18(2)9-12/h3-7,9,16H,8,15H2,1-2H3,(H,17,19). The fraction of sp³-hybridized carbons (Fsp3) is 0.214. The molecule has 118 valence electrons. The van der Waals surface area contributed by atoms with Gasteiger partial charge in [-0.2, -0.15) is 0 Å². The fourth-order valence-electron chi connectivity index (χ4n) is 2.05. The van der Waals surface area contributed by atoms with E-state index in [1.807, 2.05) is 36.6 Å². The van der Waals surface area contributed by atoms with E-state index >= 15 is 0 Å². The van der Waals surface area contributed by atoms with E-state index in [1.165, 1.54) is 16.8 Å². The first-order valence-electron chi connectivity index (χ1n) is 6.56. The zero-order chi connectivity index (χ0) is 16.3. The normalized spacial score (nSPS) is 11.4. The monoisotopic (exact) mass is 322 g/mol. The van der Waals surface area contributed by atoms with Crippen molar-refractivity contribution in [2.45, 2.75) is 18.4 Å². The lowest BCUT2D eigenvalue weighted by Crippen LogP contribution is -2.31. The minimum atomic E-state index is -3.71. The van der Waals surface area contributed by atoms with Gasteiger partial charge in [0.1, 0.15) is 10.6 Å². The molecule has 0 atom stereocenters. The number of carbonyl (C=O) groups is 1. The molecule has 7 nitrogen and oxygen atoms in total. The molecule has 0 fully saturated rings. The van der Waals surface area contributed by atoms with Crippen molar-refractivity contribution in [3.8, 4) is 0 Å². The van der Waals surface area contributed by atoms with Crippen molar-refractivity contribution < 1.29 is 13.2 Å². The van der Waals surface area contributed by atoms with Crippen molar-refractivity contribution in [3.63, 3.8) is 0 Å². The Bertz CT molecular complexity index is 796. The first-order valence-corrected chi connectivity index (χ1v) is 8.05. The van der Waals surface area contributed by atoms with Crippen molar-refractivity contribution in [3.05, 3.63) is 53.3 Å². The molecule has 0 saturated heterocycles. The maximum Gasteiger partial charge on any atom is 0.281 e. The van der Waals surface area contributed by atoms with Crippen molar-refractivity contribution in [1.29, 1.82) is 0 Å².